The van der Waals surface area contributed by atoms with E-state index in [4.69, 9.17) is 11.6 Å². The van der Waals surface area contributed by atoms with E-state index in [-0.39, 0.29) is 16.5 Å². The number of hydrogen-bond acceptors (Lipinski definition) is 3. The van der Waals surface area contributed by atoms with Gasteiger partial charge in [-0.25, -0.2) is 8.42 Å². The molecule has 3 aromatic carbocycles. The van der Waals surface area contributed by atoms with E-state index in [9.17, 15) is 13.2 Å². The van der Waals surface area contributed by atoms with Crippen LogP contribution in [0.1, 0.15) is 29.7 Å². The number of H-pyrrole nitrogens is 1. The molecule has 31 heavy (non-hydrogen) atoms. The summed E-state index contributed by atoms with van der Waals surface area (Å²) < 4.78 is 30.3. The van der Waals surface area contributed by atoms with Gasteiger partial charge in [0, 0.05) is 10.7 Å². The molecule has 1 aromatic heterocycles. The second kappa shape index (κ2) is 7.90. The Morgan fingerprint density at radius 1 is 1.03 bits per heavy atom. The van der Waals surface area contributed by atoms with Crippen molar-refractivity contribution in [3.63, 3.8) is 0 Å². The Hall–Kier alpha value is -3.03. The second-order valence-electron chi connectivity index (χ2n) is 7.60. The number of sulfonamides is 1. The van der Waals surface area contributed by atoms with Gasteiger partial charge in [0.2, 0.25) is 0 Å². The molecular weight excluding hydrogens is 434 g/mol. The molecule has 1 heterocycles. The van der Waals surface area contributed by atoms with Crippen LogP contribution in [0.4, 0.5) is 5.69 Å². The lowest BCUT2D eigenvalue weighted by molar-refractivity contribution is 0.579. The molecule has 0 radical (unpaired) electrons. The molecule has 0 aliphatic carbocycles. The van der Waals surface area contributed by atoms with Gasteiger partial charge in [-0.3, -0.25) is 19.3 Å². The van der Waals surface area contributed by atoms with E-state index >= 15 is 0 Å². The average Bonchev–Trinajstić information content (AvgIpc) is 3.06. The number of hydrogen-bond donors (Lipinski definition) is 2. The topological polar surface area (TPSA) is 84.0 Å². The van der Waals surface area contributed by atoms with Crippen molar-refractivity contribution in [2.24, 2.45) is 0 Å². The SMILES string of the molecule is Cc1cc(Cl)c(C)c(S(=O)(=O)Nc2ccc3c(c2)c(=O)[nH]n3C(C)c2ccccc2)c1. The number of benzene rings is 3. The fourth-order valence-corrected chi connectivity index (χ4v) is 5.41. The summed E-state index contributed by atoms with van der Waals surface area (Å²) in [5, 5.41) is 3.66. The van der Waals surface area contributed by atoms with Gasteiger partial charge in [-0.15, -0.1) is 0 Å². The van der Waals surface area contributed by atoms with Crippen LogP contribution in [0.2, 0.25) is 5.02 Å². The van der Waals surface area contributed by atoms with Crippen LogP contribution in [0.5, 0.6) is 0 Å². The van der Waals surface area contributed by atoms with Crippen molar-refractivity contribution in [3.8, 4) is 0 Å². The Morgan fingerprint density at radius 3 is 2.45 bits per heavy atom. The predicted molar refractivity (Wildman–Crippen MR) is 125 cm³/mol. The number of aromatic amines is 1. The minimum atomic E-state index is -3.88. The first kappa shape index (κ1) is 21.2. The Balaban J connectivity index is 1.73. The van der Waals surface area contributed by atoms with E-state index in [1.807, 2.05) is 37.3 Å². The van der Waals surface area contributed by atoms with Crippen LogP contribution in [0.15, 0.2) is 70.4 Å². The third-order valence-electron chi connectivity index (χ3n) is 5.37. The Kier molecular flexibility index (Phi) is 5.41. The summed E-state index contributed by atoms with van der Waals surface area (Å²) in [6.07, 6.45) is 0. The fourth-order valence-electron chi connectivity index (χ4n) is 3.68. The second-order valence-corrected chi connectivity index (χ2v) is 9.66. The third-order valence-corrected chi connectivity index (χ3v) is 7.27. The minimum Gasteiger partial charge on any atom is -0.280 e. The first-order valence-electron chi connectivity index (χ1n) is 9.76. The van der Waals surface area contributed by atoms with Gasteiger partial charge >= 0.3 is 0 Å². The van der Waals surface area contributed by atoms with Crippen LogP contribution < -0.4 is 10.3 Å². The van der Waals surface area contributed by atoms with E-state index in [1.165, 1.54) is 0 Å². The number of halogens is 1. The number of rotatable bonds is 5. The summed E-state index contributed by atoms with van der Waals surface area (Å²) in [5.41, 5.74) is 2.98. The smallest absolute Gasteiger partial charge is 0.272 e. The van der Waals surface area contributed by atoms with Crippen molar-refractivity contribution in [1.29, 1.82) is 0 Å². The van der Waals surface area contributed by atoms with Gasteiger partial charge in [-0.2, -0.15) is 0 Å². The quantitative estimate of drug-likeness (QED) is 0.443. The Bertz CT molecular complexity index is 1440. The van der Waals surface area contributed by atoms with E-state index in [1.54, 1.807) is 48.9 Å². The monoisotopic (exact) mass is 455 g/mol. The fraction of sp³-hybridized carbons (Fsp3) is 0.174. The number of nitrogens with zero attached hydrogens (tertiary/aromatic N) is 1. The van der Waals surface area contributed by atoms with Crippen molar-refractivity contribution < 1.29 is 8.42 Å². The van der Waals surface area contributed by atoms with Crippen LogP contribution in [0.25, 0.3) is 10.9 Å². The zero-order valence-corrected chi connectivity index (χ0v) is 18.9. The molecule has 0 saturated heterocycles. The number of fused-ring (bicyclic) bond motifs is 1. The van der Waals surface area contributed by atoms with Crippen molar-refractivity contribution in [3.05, 3.63) is 92.7 Å². The first-order valence-corrected chi connectivity index (χ1v) is 11.6. The number of nitrogens with one attached hydrogen (secondary N) is 2. The van der Waals surface area contributed by atoms with Gasteiger partial charge in [-0.05, 0) is 67.8 Å². The highest BCUT2D eigenvalue weighted by molar-refractivity contribution is 7.92. The third kappa shape index (κ3) is 3.98. The molecule has 0 amide bonds. The Labute approximate surface area is 185 Å². The number of aromatic nitrogens is 2. The molecule has 0 fully saturated rings. The lowest BCUT2D eigenvalue weighted by Gasteiger charge is -2.15. The molecule has 4 rings (SSSR count). The lowest BCUT2D eigenvalue weighted by Crippen LogP contribution is -2.15. The van der Waals surface area contributed by atoms with E-state index < -0.39 is 10.0 Å². The highest BCUT2D eigenvalue weighted by Gasteiger charge is 2.20. The molecule has 0 spiro atoms. The van der Waals surface area contributed by atoms with Gasteiger partial charge in [0.15, 0.2) is 0 Å². The van der Waals surface area contributed by atoms with Crippen molar-refractivity contribution in [2.75, 3.05) is 4.72 Å². The van der Waals surface area contributed by atoms with Gasteiger partial charge in [0.05, 0.1) is 21.8 Å². The molecule has 0 bridgehead atoms. The van der Waals surface area contributed by atoms with Gasteiger partial charge in [0.25, 0.3) is 15.6 Å². The molecule has 0 saturated carbocycles. The normalized spacial score (nSPS) is 12.8. The van der Waals surface area contributed by atoms with E-state index in [0.29, 0.717) is 27.2 Å². The molecule has 0 aliphatic heterocycles. The molecule has 6 nitrogen and oxygen atoms in total. The van der Waals surface area contributed by atoms with E-state index in [0.717, 1.165) is 11.1 Å². The molecule has 1 unspecified atom stereocenters. The first-order chi connectivity index (χ1) is 14.7. The molecular formula is C23H22ClN3O3S. The lowest BCUT2D eigenvalue weighted by atomic mass is 10.1. The molecule has 160 valence electrons. The van der Waals surface area contributed by atoms with Crippen LogP contribution >= 0.6 is 11.6 Å². The molecule has 2 N–H and O–H groups in total. The Morgan fingerprint density at radius 2 is 1.74 bits per heavy atom. The van der Waals surface area contributed by atoms with Crippen molar-refractivity contribution in [1.82, 2.24) is 9.78 Å². The van der Waals surface area contributed by atoms with Crippen LogP contribution in [0, 0.1) is 13.8 Å². The average molecular weight is 456 g/mol. The molecule has 1 atom stereocenters. The maximum absolute atomic E-state index is 13.0. The standard InChI is InChI=1S/C23H22ClN3O3S/c1-14-11-20(24)15(2)22(12-14)31(29,30)26-18-9-10-21-19(13-18)23(28)25-27(21)16(3)17-7-5-4-6-8-17/h4-13,16,26H,1-3H3,(H,25,28). The summed E-state index contributed by atoms with van der Waals surface area (Å²) in [5.74, 6) is 0. The predicted octanol–water partition coefficient (Wildman–Crippen LogP) is 5.01. The maximum atomic E-state index is 13.0. The summed E-state index contributed by atoms with van der Waals surface area (Å²) in [7, 11) is -3.88. The van der Waals surface area contributed by atoms with Crippen molar-refractivity contribution in [2.45, 2.75) is 31.7 Å². The van der Waals surface area contributed by atoms with Crippen LogP contribution in [-0.2, 0) is 10.0 Å². The highest BCUT2D eigenvalue weighted by atomic mass is 35.5. The zero-order chi connectivity index (χ0) is 22.3. The summed E-state index contributed by atoms with van der Waals surface area (Å²) in [4.78, 5) is 12.7. The maximum Gasteiger partial charge on any atom is 0.272 e. The highest BCUT2D eigenvalue weighted by Crippen LogP contribution is 2.28. The molecule has 0 aliphatic rings. The van der Waals surface area contributed by atoms with Crippen molar-refractivity contribution >= 4 is 38.2 Å². The minimum absolute atomic E-state index is 0.0916. The van der Waals surface area contributed by atoms with Crippen LogP contribution in [0.3, 0.4) is 0 Å². The summed E-state index contributed by atoms with van der Waals surface area (Å²) in [6.45, 7) is 5.44. The number of aryl methyl sites for hydroxylation is 1. The van der Waals surface area contributed by atoms with Gasteiger partial charge in [-0.1, -0.05) is 41.9 Å². The summed E-state index contributed by atoms with van der Waals surface area (Å²) in [6, 6.07) is 18.0. The molecule has 4 aromatic rings. The largest absolute Gasteiger partial charge is 0.280 e. The van der Waals surface area contributed by atoms with Gasteiger partial charge < -0.3 is 0 Å². The zero-order valence-electron chi connectivity index (χ0n) is 17.3. The van der Waals surface area contributed by atoms with Crippen LogP contribution in [-0.4, -0.2) is 18.2 Å². The van der Waals surface area contributed by atoms with E-state index in [2.05, 4.69) is 9.82 Å². The molecule has 8 heteroatoms. The summed E-state index contributed by atoms with van der Waals surface area (Å²) >= 11 is 6.17. The number of anilines is 1. The van der Waals surface area contributed by atoms with Gasteiger partial charge in [0.1, 0.15) is 0 Å².